The molecule has 2 aliphatic rings. The molecule has 1 aliphatic carbocycles. The molecule has 0 unspecified atom stereocenters. The SMILES string of the molecule is CNc1cc(Nc2cc(C3CC3)[nH]n2)nc(N2CCC[C@H]2c2cc(-c3ncccn3)no2)n1. The van der Waals surface area contributed by atoms with Crippen LogP contribution in [0.5, 0.6) is 0 Å². The van der Waals surface area contributed by atoms with E-state index in [4.69, 9.17) is 14.5 Å². The number of hydrogen-bond acceptors (Lipinski definition) is 10. The maximum Gasteiger partial charge on any atom is 0.229 e. The molecule has 4 aromatic rings. The van der Waals surface area contributed by atoms with Crippen LogP contribution in [0.4, 0.5) is 23.4 Å². The summed E-state index contributed by atoms with van der Waals surface area (Å²) in [7, 11) is 1.85. The Balaban J connectivity index is 1.27. The van der Waals surface area contributed by atoms with E-state index < -0.39 is 0 Å². The van der Waals surface area contributed by atoms with E-state index in [1.165, 1.54) is 18.5 Å². The van der Waals surface area contributed by atoms with Crippen LogP contribution in [-0.4, -0.2) is 48.9 Å². The van der Waals surface area contributed by atoms with Crippen LogP contribution < -0.4 is 15.5 Å². The Bertz CT molecular complexity index is 1250. The topological polar surface area (TPSA) is 134 Å². The van der Waals surface area contributed by atoms with Crippen molar-refractivity contribution in [2.75, 3.05) is 29.1 Å². The second-order valence-corrected chi connectivity index (χ2v) is 8.33. The highest BCUT2D eigenvalue weighted by Crippen LogP contribution is 2.40. The number of rotatable bonds is 7. The lowest BCUT2D eigenvalue weighted by Crippen LogP contribution is -2.25. The minimum atomic E-state index is -0.0122. The monoisotopic (exact) mass is 444 g/mol. The van der Waals surface area contributed by atoms with Crippen molar-refractivity contribution in [2.45, 2.75) is 37.6 Å². The van der Waals surface area contributed by atoms with Crippen LogP contribution in [-0.2, 0) is 0 Å². The summed E-state index contributed by atoms with van der Waals surface area (Å²) in [5, 5.41) is 18.1. The number of nitrogens with one attached hydrogen (secondary N) is 3. The summed E-state index contributed by atoms with van der Waals surface area (Å²) in [4.78, 5) is 20.2. The lowest BCUT2D eigenvalue weighted by Gasteiger charge is -2.23. The average molecular weight is 445 g/mol. The Morgan fingerprint density at radius 2 is 1.88 bits per heavy atom. The van der Waals surface area contributed by atoms with Crippen LogP contribution in [0, 0.1) is 0 Å². The van der Waals surface area contributed by atoms with Gasteiger partial charge in [0.1, 0.15) is 11.6 Å². The molecule has 168 valence electrons. The molecule has 33 heavy (non-hydrogen) atoms. The quantitative estimate of drug-likeness (QED) is 0.388. The van der Waals surface area contributed by atoms with Gasteiger partial charge in [-0.25, -0.2) is 9.97 Å². The zero-order valence-electron chi connectivity index (χ0n) is 18.2. The smallest absolute Gasteiger partial charge is 0.229 e. The summed E-state index contributed by atoms with van der Waals surface area (Å²) in [6.45, 7) is 0.823. The fraction of sp³-hybridized carbons (Fsp3) is 0.364. The molecular formula is C22H24N10O. The summed E-state index contributed by atoms with van der Waals surface area (Å²) in [6.07, 6.45) is 7.75. The van der Waals surface area contributed by atoms with Crippen molar-refractivity contribution in [3.05, 3.63) is 48.1 Å². The molecule has 11 nitrogen and oxygen atoms in total. The molecule has 1 aliphatic heterocycles. The van der Waals surface area contributed by atoms with E-state index in [1.807, 2.05) is 19.2 Å². The Kier molecular flexibility index (Phi) is 4.85. The van der Waals surface area contributed by atoms with Crippen LogP contribution >= 0.6 is 0 Å². The van der Waals surface area contributed by atoms with Gasteiger partial charge in [0.05, 0.1) is 6.04 Å². The molecule has 11 heteroatoms. The summed E-state index contributed by atoms with van der Waals surface area (Å²) >= 11 is 0. The van der Waals surface area contributed by atoms with Crippen LogP contribution in [0.25, 0.3) is 11.5 Å². The second kappa shape index (κ2) is 8.15. The van der Waals surface area contributed by atoms with Gasteiger partial charge < -0.3 is 20.1 Å². The molecule has 5 heterocycles. The summed E-state index contributed by atoms with van der Waals surface area (Å²) in [5.74, 6) is 4.69. The first-order valence-corrected chi connectivity index (χ1v) is 11.2. The minimum absolute atomic E-state index is 0.0122. The van der Waals surface area contributed by atoms with Crippen molar-refractivity contribution in [1.29, 1.82) is 0 Å². The van der Waals surface area contributed by atoms with Crippen molar-refractivity contribution >= 4 is 23.4 Å². The van der Waals surface area contributed by atoms with Gasteiger partial charge in [0, 0.05) is 55.8 Å². The van der Waals surface area contributed by atoms with Gasteiger partial charge in [-0.1, -0.05) is 5.16 Å². The largest absolute Gasteiger partial charge is 0.373 e. The fourth-order valence-corrected chi connectivity index (χ4v) is 4.18. The molecule has 1 saturated carbocycles. The number of anilines is 4. The lowest BCUT2D eigenvalue weighted by molar-refractivity contribution is 0.362. The highest BCUT2D eigenvalue weighted by Gasteiger charge is 2.32. The van der Waals surface area contributed by atoms with E-state index in [2.05, 4.69) is 46.9 Å². The molecule has 0 spiro atoms. The average Bonchev–Trinajstić information content (AvgIpc) is 3.23. The number of aromatic nitrogens is 7. The Morgan fingerprint density at radius 3 is 2.70 bits per heavy atom. The third-order valence-electron chi connectivity index (χ3n) is 6.00. The van der Waals surface area contributed by atoms with Crippen LogP contribution in [0.15, 0.2) is 41.2 Å². The predicted molar refractivity (Wildman–Crippen MR) is 122 cm³/mol. The van der Waals surface area contributed by atoms with E-state index in [0.717, 1.165) is 36.8 Å². The minimum Gasteiger partial charge on any atom is -0.373 e. The number of H-pyrrole nitrogens is 1. The Labute approximate surface area is 190 Å². The van der Waals surface area contributed by atoms with Gasteiger partial charge in [-0.2, -0.15) is 15.1 Å². The van der Waals surface area contributed by atoms with Gasteiger partial charge in [-0.15, -0.1) is 0 Å². The van der Waals surface area contributed by atoms with Crippen LogP contribution in [0.3, 0.4) is 0 Å². The maximum absolute atomic E-state index is 5.70. The van der Waals surface area contributed by atoms with E-state index in [9.17, 15) is 0 Å². The molecule has 0 amide bonds. The van der Waals surface area contributed by atoms with Crippen molar-refractivity contribution in [3.63, 3.8) is 0 Å². The number of aromatic amines is 1. The van der Waals surface area contributed by atoms with Crippen LogP contribution in [0.2, 0.25) is 0 Å². The van der Waals surface area contributed by atoms with Crippen molar-refractivity contribution in [1.82, 2.24) is 35.3 Å². The first-order chi connectivity index (χ1) is 16.3. The zero-order chi connectivity index (χ0) is 22.2. The molecule has 2 fully saturated rings. The Morgan fingerprint density at radius 1 is 1.03 bits per heavy atom. The third-order valence-corrected chi connectivity index (χ3v) is 6.00. The number of hydrogen-bond donors (Lipinski definition) is 3. The van der Waals surface area contributed by atoms with E-state index in [-0.39, 0.29) is 6.04 Å². The molecule has 1 atom stereocenters. The Hall–Kier alpha value is -4.02. The van der Waals surface area contributed by atoms with E-state index in [1.54, 1.807) is 18.5 Å². The second-order valence-electron chi connectivity index (χ2n) is 8.33. The first kappa shape index (κ1) is 19.6. The van der Waals surface area contributed by atoms with Crippen molar-refractivity contribution in [2.24, 2.45) is 0 Å². The molecule has 0 radical (unpaired) electrons. The van der Waals surface area contributed by atoms with Gasteiger partial charge in [-0.3, -0.25) is 5.10 Å². The molecule has 4 aromatic heterocycles. The van der Waals surface area contributed by atoms with Gasteiger partial charge >= 0.3 is 0 Å². The lowest BCUT2D eigenvalue weighted by atomic mass is 10.1. The standard InChI is InChI=1S/C22H24N10O/c1-23-18-12-19(26-20-11-14(29-30-20)13-5-6-13)28-22(27-18)32-9-2-4-16(32)17-10-15(31-33-17)21-24-7-3-8-25-21/h3,7-8,10-13,16H,2,4-6,9H2,1H3,(H3,23,26,27,28,29,30)/t16-/m0/s1. The summed E-state index contributed by atoms with van der Waals surface area (Å²) in [6, 6.07) is 7.60. The van der Waals surface area contributed by atoms with Gasteiger partial charge in [0.25, 0.3) is 0 Å². The summed E-state index contributed by atoms with van der Waals surface area (Å²) < 4.78 is 5.70. The summed E-state index contributed by atoms with van der Waals surface area (Å²) in [5.41, 5.74) is 1.79. The zero-order valence-corrected chi connectivity index (χ0v) is 18.2. The molecule has 3 N–H and O–H groups in total. The molecule has 0 aromatic carbocycles. The van der Waals surface area contributed by atoms with E-state index in [0.29, 0.717) is 29.2 Å². The highest BCUT2D eigenvalue weighted by molar-refractivity contribution is 5.60. The van der Waals surface area contributed by atoms with Crippen molar-refractivity contribution in [3.8, 4) is 11.5 Å². The molecule has 1 saturated heterocycles. The van der Waals surface area contributed by atoms with Crippen LogP contribution in [0.1, 0.15) is 49.1 Å². The van der Waals surface area contributed by atoms with Gasteiger partial charge in [-0.05, 0) is 31.7 Å². The normalized spacial score (nSPS) is 18.0. The molecular weight excluding hydrogens is 420 g/mol. The molecule has 0 bridgehead atoms. The van der Waals surface area contributed by atoms with Crippen molar-refractivity contribution < 1.29 is 4.52 Å². The number of nitrogens with zero attached hydrogens (tertiary/aromatic N) is 7. The van der Waals surface area contributed by atoms with Gasteiger partial charge in [0.2, 0.25) is 5.95 Å². The molecule has 6 rings (SSSR count). The first-order valence-electron chi connectivity index (χ1n) is 11.2. The predicted octanol–water partition coefficient (Wildman–Crippen LogP) is 3.65. The maximum atomic E-state index is 5.70. The third kappa shape index (κ3) is 3.97. The van der Waals surface area contributed by atoms with E-state index >= 15 is 0 Å². The van der Waals surface area contributed by atoms with Gasteiger partial charge in [0.15, 0.2) is 23.1 Å². The fourth-order valence-electron chi connectivity index (χ4n) is 4.18. The highest BCUT2D eigenvalue weighted by atomic mass is 16.5.